The predicted molar refractivity (Wildman–Crippen MR) is 80.1 cm³/mol. The van der Waals surface area contributed by atoms with Gasteiger partial charge in [0.1, 0.15) is 5.54 Å². The summed E-state index contributed by atoms with van der Waals surface area (Å²) in [7, 11) is 0. The van der Waals surface area contributed by atoms with Crippen molar-refractivity contribution in [3.63, 3.8) is 0 Å². The molecule has 5 N–H and O–H groups in total. The van der Waals surface area contributed by atoms with Gasteiger partial charge in [-0.25, -0.2) is 0 Å². The standard InChI is InChI=1S/C15H22N2O5/c18-9-15(10-19,11-20)17-13(21)7-4-8-16-14(22)12-5-2-1-3-6-12/h1-3,5-6,18-20H,4,7-11H2,(H,16,22)(H,17,21). The number of nitrogens with one attached hydrogen (secondary N) is 2. The molecular weight excluding hydrogens is 288 g/mol. The molecular formula is C15H22N2O5. The SMILES string of the molecule is O=C(CCCNC(=O)c1ccccc1)NC(CO)(CO)CO. The Morgan fingerprint density at radius 1 is 1.00 bits per heavy atom. The predicted octanol–water partition coefficient (Wildman–Crippen LogP) is -0.971. The van der Waals surface area contributed by atoms with Gasteiger partial charge in [0.25, 0.3) is 5.91 Å². The number of rotatable bonds is 9. The Kier molecular flexibility index (Phi) is 7.51. The summed E-state index contributed by atoms with van der Waals surface area (Å²) in [6.07, 6.45) is 0.513. The maximum absolute atomic E-state index is 11.7. The van der Waals surface area contributed by atoms with Gasteiger partial charge in [-0.2, -0.15) is 0 Å². The molecule has 0 radical (unpaired) electrons. The highest BCUT2D eigenvalue weighted by molar-refractivity contribution is 5.94. The van der Waals surface area contributed by atoms with Crippen molar-refractivity contribution in [3.05, 3.63) is 35.9 Å². The molecule has 0 unspecified atom stereocenters. The molecule has 7 heteroatoms. The van der Waals surface area contributed by atoms with E-state index in [9.17, 15) is 9.59 Å². The molecule has 1 aromatic carbocycles. The van der Waals surface area contributed by atoms with Gasteiger partial charge in [-0.3, -0.25) is 9.59 Å². The maximum Gasteiger partial charge on any atom is 0.251 e. The molecule has 0 saturated heterocycles. The second-order valence-corrected chi connectivity index (χ2v) is 5.03. The minimum absolute atomic E-state index is 0.108. The molecule has 0 bridgehead atoms. The third-order valence-electron chi connectivity index (χ3n) is 3.21. The second kappa shape index (κ2) is 9.14. The van der Waals surface area contributed by atoms with E-state index in [4.69, 9.17) is 15.3 Å². The third kappa shape index (κ3) is 5.44. The van der Waals surface area contributed by atoms with Crippen molar-refractivity contribution >= 4 is 11.8 Å². The van der Waals surface area contributed by atoms with E-state index in [0.29, 0.717) is 18.5 Å². The first-order valence-corrected chi connectivity index (χ1v) is 7.04. The zero-order valence-corrected chi connectivity index (χ0v) is 12.3. The van der Waals surface area contributed by atoms with Crippen LogP contribution in [-0.4, -0.2) is 59.0 Å². The second-order valence-electron chi connectivity index (χ2n) is 5.03. The van der Waals surface area contributed by atoms with E-state index in [0.717, 1.165) is 0 Å². The third-order valence-corrected chi connectivity index (χ3v) is 3.21. The monoisotopic (exact) mass is 310 g/mol. The molecule has 0 aliphatic rings. The number of carbonyl (C=O) groups excluding carboxylic acids is 2. The molecule has 0 aliphatic heterocycles. The van der Waals surface area contributed by atoms with Crippen LogP contribution in [0, 0.1) is 0 Å². The van der Waals surface area contributed by atoms with Gasteiger partial charge in [-0.1, -0.05) is 18.2 Å². The van der Waals surface area contributed by atoms with Gasteiger partial charge < -0.3 is 26.0 Å². The number of hydrogen-bond acceptors (Lipinski definition) is 5. The largest absolute Gasteiger partial charge is 0.394 e. The first-order chi connectivity index (χ1) is 10.6. The van der Waals surface area contributed by atoms with E-state index in [-0.39, 0.29) is 12.3 Å². The average Bonchev–Trinajstić information content (AvgIpc) is 2.57. The van der Waals surface area contributed by atoms with Gasteiger partial charge in [0, 0.05) is 18.5 Å². The summed E-state index contributed by atoms with van der Waals surface area (Å²) < 4.78 is 0. The zero-order valence-electron chi connectivity index (χ0n) is 12.3. The quantitative estimate of drug-likeness (QED) is 0.376. The number of carbonyl (C=O) groups is 2. The van der Waals surface area contributed by atoms with Crippen LogP contribution in [0.4, 0.5) is 0 Å². The molecule has 0 fully saturated rings. The molecule has 122 valence electrons. The fourth-order valence-electron chi connectivity index (χ4n) is 1.77. The first kappa shape index (κ1) is 18.1. The fraction of sp³-hybridized carbons (Fsp3) is 0.467. The Hall–Kier alpha value is -1.96. The van der Waals surface area contributed by atoms with E-state index in [1.807, 2.05) is 6.07 Å². The molecule has 0 aliphatic carbocycles. The van der Waals surface area contributed by atoms with E-state index >= 15 is 0 Å². The highest BCUT2D eigenvalue weighted by atomic mass is 16.3. The summed E-state index contributed by atoms with van der Waals surface area (Å²) in [5, 5.41) is 32.4. The van der Waals surface area contributed by atoms with Crippen LogP contribution < -0.4 is 10.6 Å². The Balaban J connectivity index is 2.29. The number of amides is 2. The Labute approximate surface area is 129 Å². The van der Waals surface area contributed by atoms with E-state index in [1.165, 1.54) is 0 Å². The minimum Gasteiger partial charge on any atom is -0.394 e. The number of benzene rings is 1. The summed E-state index contributed by atoms with van der Waals surface area (Å²) in [4.78, 5) is 23.4. The van der Waals surface area contributed by atoms with Crippen molar-refractivity contribution in [3.8, 4) is 0 Å². The van der Waals surface area contributed by atoms with Crippen molar-refractivity contribution in [1.29, 1.82) is 0 Å². The Bertz CT molecular complexity index is 466. The maximum atomic E-state index is 11.7. The van der Waals surface area contributed by atoms with Crippen LogP contribution in [0.5, 0.6) is 0 Å². The van der Waals surface area contributed by atoms with E-state index in [1.54, 1.807) is 24.3 Å². The van der Waals surface area contributed by atoms with Crippen LogP contribution in [0.1, 0.15) is 23.2 Å². The smallest absolute Gasteiger partial charge is 0.251 e. The van der Waals surface area contributed by atoms with Crippen molar-refractivity contribution in [1.82, 2.24) is 10.6 Å². The average molecular weight is 310 g/mol. The van der Waals surface area contributed by atoms with Gasteiger partial charge in [-0.05, 0) is 18.6 Å². The summed E-state index contributed by atoms with van der Waals surface area (Å²) in [6, 6.07) is 8.73. The van der Waals surface area contributed by atoms with Gasteiger partial charge in [0.2, 0.25) is 5.91 Å². The van der Waals surface area contributed by atoms with Gasteiger partial charge in [-0.15, -0.1) is 0 Å². The van der Waals surface area contributed by atoms with Gasteiger partial charge >= 0.3 is 0 Å². The van der Waals surface area contributed by atoms with E-state index < -0.39 is 31.3 Å². The number of aliphatic hydroxyl groups excluding tert-OH is 3. The molecule has 0 heterocycles. The summed E-state index contributed by atoms with van der Waals surface area (Å²) >= 11 is 0. The van der Waals surface area contributed by atoms with Crippen LogP contribution in [-0.2, 0) is 4.79 Å². The summed E-state index contributed by atoms with van der Waals surface area (Å²) in [6.45, 7) is -1.35. The Morgan fingerprint density at radius 3 is 2.14 bits per heavy atom. The van der Waals surface area contributed by atoms with Crippen molar-refractivity contribution < 1.29 is 24.9 Å². The lowest BCUT2D eigenvalue weighted by Crippen LogP contribution is -2.57. The Morgan fingerprint density at radius 2 is 1.59 bits per heavy atom. The minimum atomic E-state index is -1.41. The van der Waals surface area contributed by atoms with Crippen molar-refractivity contribution in [2.24, 2.45) is 0 Å². The topological polar surface area (TPSA) is 119 Å². The van der Waals surface area contributed by atoms with E-state index in [2.05, 4.69) is 10.6 Å². The molecule has 2 amide bonds. The van der Waals surface area contributed by atoms with Gasteiger partial charge in [0.15, 0.2) is 0 Å². The van der Waals surface area contributed by atoms with Crippen LogP contribution in [0.25, 0.3) is 0 Å². The molecule has 1 rings (SSSR count). The molecule has 0 saturated carbocycles. The van der Waals surface area contributed by atoms with Crippen LogP contribution in [0.15, 0.2) is 30.3 Å². The van der Waals surface area contributed by atoms with Crippen molar-refractivity contribution in [2.45, 2.75) is 18.4 Å². The molecule has 22 heavy (non-hydrogen) atoms. The summed E-state index contributed by atoms with van der Waals surface area (Å²) in [5.41, 5.74) is -0.864. The molecule has 0 atom stereocenters. The summed E-state index contributed by atoms with van der Waals surface area (Å²) in [5.74, 6) is -0.623. The first-order valence-electron chi connectivity index (χ1n) is 7.04. The number of hydrogen-bond donors (Lipinski definition) is 5. The lowest BCUT2D eigenvalue weighted by Gasteiger charge is -2.28. The highest BCUT2D eigenvalue weighted by Gasteiger charge is 2.29. The zero-order chi connectivity index (χ0) is 16.4. The molecule has 1 aromatic rings. The molecule has 0 aromatic heterocycles. The van der Waals surface area contributed by atoms with Gasteiger partial charge in [0.05, 0.1) is 19.8 Å². The van der Waals surface area contributed by atoms with Crippen LogP contribution >= 0.6 is 0 Å². The molecule has 7 nitrogen and oxygen atoms in total. The molecule has 0 spiro atoms. The van der Waals surface area contributed by atoms with Crippen LogP contribution in [0.3, 0.4) is 0 Å². The normalized spacial score (nSPS) is 11.0. The van der Waals surface area contributed by atoms with Crippen molar-refractivity contribution in [2.75, 3.05) is 26.4 Å². The fourth-order valence-corrected chi connectivity index (χ4v) is 1.77. The van der Waals surface area contributed by atoms with Crippen LogP contribution in [0.2, 0.25) is 0 Å². The number of aliphatic hydroxyl groups is 3. The lowest BCUT2D eigenvalue weighted by atomic mass is 10.0. The highest BCUT2D eigenvalue weighted by Crippen LogP contribution is 2.03. The lowest BCUT2D eigenvalue weighted by molar-refractivity contribution is -0.125.